The standard InChI is InChI=1S/C20H32O3.C19H30O3.C18H30O3.C17H28O3.C16H30O2.C15H28O2.10CH4/c1-5-20(3,4)19(21)23-11(2)22-16-10-14-9-15(16)18-13-7-6-12(8-13)17(14)18;1-4-10(2)19(20)22-11(3)21-16-9-14-8-15(16)18-13-6-5-12(7-13)17(14)18;1-5-18(3,4)17(19)21-11(2)20-16-14-7-12-6-13(9-14)10-15(16)8-12;1-4-10(2)17(18)20-11(3)19-16-14-6-12-5-13(8-14)9-15(16)7-12;1-7-15(5,6)14(17)18-16(12(2)3)10-8-13(4)9-11-16;1-6-13(5)14(16)17-15(11(2)3)9-7-12(4)8-10-15;;;;;;;;;;/h11-18H,5-10H2,1-4H3;10-18H,4-9H2,1-3H3;11-16H,5-10H2,1-4H3;10-16H,4-9H2,1-3H3;12-13H,7-11H2,1-6H3;11-13H,6-10H2,1-5H3;10*1H4. The van der Waals surface area contributed by atoms with E-state index in [9.17, 15) is 28.8 Å². The molecule has 131 heavy (non-hydrogen) atoms. The van der Waals surface area contributed by atoms with Crippen LogP contribution < -0.4 is 0 Å². The molecule has 0 aromatic carbocycles. The number of fused-ring (bicyclic) bond motifs is 18. The average Bonchev–Trinajstić information content (AvgIpc) is 1.56. The summed E-state index contributed by atoms with van der Waals surface area (Å²) in [6, 6.07) is 0. The molecule has 18 aliphatic rings. The number of carbonyl (C=O) groups is 6. The summed E-state index contributed by atoms with van der Waals surface area (Å²) in [5, 5.41) is 0. The molecule has 16 nitrogen and oxygen atoms in total. The van der Waals surface area contributed by atoms with E-state index < -0.39 is 23.4 Å². The van der Waals surface area contributed by atoms with Gasteiger partial charge in [0.05, 0.1) is 58.4 Å². The van der Waals surface area contributed by atoms with Crippen LogP contribution >= 0.6 is 0 Å². The van der Waals surface area contributed by atoms with E-state index in [4.69, 9.17) is 47.4 Å². The molecule has 0 spiro atoms. The molecule has 0 saturated heterocycles. The molecule has 16 bridgehead atoms. The number of esters is 6. The summed E-state index contributed by atoms with van der Waals surface area (Å²) in [7, 11) is 0. The summed E-state index contributed by atoms with van der Waals surface area (Å²) in [4.78, 5) is 72.5. The first-order chi connectivity index (χ1) is 57.1. The first-order valence-electron chi connectivity index (χ1n) is 51.0. The highest BCUT2D eigenvalue weighted by atomic mass is 16.7. The van der Waals surface area contributed by atoms with Crippen molar-refractivity contribution in [3.8, 4) is 0 Å². The highest BCUT2D eigenvalue weighted by Crippen LogP contribution is 2.70. The van der Waals surface area contributed by atoms with Crippen molar-refractivity contribution in [3.63, 3.8) is 0 Å². The fraction of sp³-hybridized carbons (Fsp3) is 0.948. The number of rotatable bonds is 28. The van der Waals surface area contributed by atoms with Gasteiger partial charge in [0, 0.05) is 0 Å². The summed E-state index contributed by atoms with van der Waals surface area (Å²) in [6.45, 7) is 50.5. The van der Waals surface area contributed by atoms with Gasteiger partial charge in [0.15, 0.2) is 25.2 Å². The minimum atomic E-state index is -0.415. The average molecular weight is 1860 g/mol. The fourth-order valence-electron chi connectivity index (χ4n) is 27.4. The predicted molar refractivity (Wildman–Crippen MR) is 544 cm³/mol. The summed E-state index contributed by atoms with van der Waals surface area (Å²) in [5.41, 5.74) is -1.59. The van der Waals surface area contributed by atoms with E-state index in [2.05, 4.69) is 41.5 Å². The molecule has 0 amide bonds. The first-order valence-corrected chi connectivity index (χ1v) is 51.0. The van der Waals surface area contributed by atoms with Gasteiger partial charge in [-0.25, -0.2) is 0 Å². The van der Waals surface area contributed by atoms with E-state index in [1.165, 1.54) is 154 Å². The molecule has 18 fully saturated rings. The van der Waals surface area contributed by atoms with Crippen LogP contribution in [0.15, 0.2) is 0 Å². The van der Waals surface area contributed by atoms with Crippen molar-refractivity contribution in [2.75, 3.05) is 0 Å². The quantitative estimate of drug-likeness (QED) is 0.0310. The van der Waals surface area contributed by atoms with Gasteiger partial charge in [-0.05, 0) is 430 Å². The molecule has 0 N–H and O–H groups in total. The van der Waals surface area contributed by atoms with Crippen molar-refractivity contribution in [1.82, 2.24) is 0 Å². The van der Waals surface area contributed by atoms with E-state index in [0.717, 1.165) is 183 Å². The Kier molecular flexibility index (Phi) is 51.2. The Labute approximate surface area is 809 Å². The van der Waals surface area contributed by atoms with Gasteiger partial charge in [0.2, 0.25) is 0 Å². The van der Waals surface area contributed by atoms with Crippen molar-refractivity contribution in [2.24, 2.45) is 176 Å². The third-order valence-corrected chi connectivity index (χ3v) is 36.5. The van der Waals surface area contributed by atoms with Crippen molar-refractivity contribution in [3.05, 3.63) is 0 Å². The maximum Gasteiger partial charge on any atom is 0.313 e. The van der Waals surface area contributed by atoms with Gasteiger partial charge in [0.25, 0.3) is 0 Å². The van der Waals surface area contributed by atoms with Crippen LogP contribution in [0.25, 0.3) is 0 Å². The van der Waals surface area contributed by atoms with Crippen LogP contribution in [0.1, 0.15) is 466 Å². The second-order valence-corrected chi connectivity index (χ2v) is 46.4. The lowest BCUT2D eigenvalue weighted by molar-refractivity contribution is -0.224. The zero-order chi connectivity index (χ0) is 88.3. The van der Waals surface area contributed by atoms with Crippen LogP contribution in [-0.2, 0) is 76.1 Å². The number of hydrogen-bond acceptors (Lipinski definition) is 16. The van der Waals surface area contributed by atoms with Gasteiger partial charge >= 0.3 is 35.8 Å². The summed E-state index contributed by atoms with van der Waals surface area (Å²) in [5.74, 6) is 19.7. The Balaban J connectivity index is 0.000000777. The van der Waals surface area contributed by atoms with Gasteiger partial charge in [-0.1, -0.05) is 178 Å². The molecule has 18 saturated carbocycles. The number of hydrogen-bond donors (Lipinski definition) is 0. The molecule has 0 radical (unpaired) electrons. The summed E-state index contributed by atoms with van der Waals surface area (Å²) in [6.07, 6.45) is 41.1. The second-order valence-electron chi connectivity index (χ2n) is 46.4. The maximum atomic E-state index is 12.3. The van der Waals surface area contributed by atoms with Gasteiger partial charge < -0.3 is 47.4 Å². The molecule has 18 rings (SSSR count). The van der Waals surface area contributed by atoms with Crippen molar-refractivity contribution >= 4 is 35.8 Å². The number of carbonyl (C=O) groups excluding carboxylic acids is 6. The normalized spacial score (nSPS) is 36.7. The van der Waals surface area contributed by atoms with E-state index in [1.807, 2.05) is 132 Å². The Morgan fingerprint density at radius 1 is 0.290 bits per heavy atom. The third-order valence-electron chi connectivity index (χ3n) is 36.5. The van der Waals surface area contributed by atoms with Crippen LogP contribution in [-0.4, -0.2) is 96.6 Å². The molecule has 21 unspecified atom stereocenters. The van der Waals surface area contributed by atoms with Gasteiger partial charge in [-0.15, -0.1) is 0 Å². The van der Waals surface area contributed by atoms with Crippen LogP contribution in [0, 0.1) is 176 Å². The highest BCUT2D eigenvalue weighted by molar-refractivity contribution is 5.77. The minimum absolute atomic E-state index is 0. The van der Waals surface area contributed by atoms with Gasteiger partial charge in [-0.3, -0.25) is 28.8 Å². The maximum absolute atomic E-state index is 12.3. The van der Waals surface area contributed by atoms with Crippen LogP contribution in [0.2, 0.25) is 0 Å². The summed E-state index contributed by atoms with van der Waals surface area (Å²) < 4.78 is 58.7. The Hall–Kier alpha value is -3.34. The molecular formula is C115H218O16. The molecule has 18 aliphatic carbocycles. The monoisotopic (exact) mass is 1860 g/mol. The van der Waals surface area contributed by atoms with Crippen molar-refractivity contribution < 1.29 is 76.1 Å². The van der Waals surface area contributed by atoms with Gasteiger partial charge in [0.1, 0.15) is 11.2 Å². The van der Waals surface area contributed by atoms with Crippen LogP contribution in [0.5, 0.6) is 0 Å². The third kappa shape index (κ3) is 29.6. The Morgan fingerprint density at radius 3 is 0.855 bits per heavy atom. The highest BCUT2D eigenvalue weighted by Gasteiger charge is 2.65. The molecule has 0 aromatic rings. The molecule has 21 atom stereocenters. The lowest BCUT2D eigenvalue weighted by atomic mass is 9.55. The van der Waals surface area contributed by atoms with E-state index in [0.29, 0.717) is 48.1 Å². The van der Waals surface area contributed by atoms with Crippen molar-refractivity contribution in [1.29, 1.82) is 0 Å². The topological polar surface area (TPSA) is 195 Å². The molecule has 0 heterocycles. The molecule has 0 aliphatic heterocycles. The van der Waals surface area contributed by atoms with Crippen molar-refractivity contribution in [2.45, 2.75) is 526 Å². The molecule has 16 heteroatoms. The first kappa shape index (κ1) is 126. The Bertz CT molecular complexity index is 3280. The van der Waals surface area contributed by atoms with Gasteiger partial charge in [-0.2, -0.15) is 0 Å². The molecule has 774 valence electrons. The summed E-state index contributed by atoms with van der Waals surface area (Å²) >= 11 is 0. The van der Waals surface area contributed by atoms with Crippen LogP contribution in [0.4, 0.5) is 0 Å². The molecular weight excluding hydrogens is 1640 g/mol. The fourth-order valence-corrected chi connectivity index (χ4v) is 27.4. The van der Waals surface area contributed by atoms with Crippen LogP contribution in [0.3, 0.4) is 0 Å². The Morgan fingerprint density at radius 2 is 0.557 bits per heavy atom. The number of ether oxygens (including phenoxy) is 10. The largest absolute Gasteiger partial charge is 0.459 e. The zero-order valence-electron chi connectivity index (χ0n) is 81.3. The predicted octanol–water partition coefficient (Wildman–Crippen LogP) is 31.4. The SMILES string of the molecule is C.C.C.C.C.C.C.C.C.C.CCC(C)(C)C(=O)OC(C)OC1C2CC3CC(C2)CC1C3.CCC(C)(C)C(=O)OC(C)OC1CC2CC1C1C3CCC(C3)C21.CCC(C)(C)C(=O)OC1(C(C)C)CCC(C)CC1.CCC(C)C(=O)OC(C)OC1C2CC3CC(C2)CC1C3.CCC(C)C(=O)OC(C)OC1CC2CC1C1C3CCC(C3)C21.CCC(C)C(=O)OC1(C(C)C)CCC(C)CC1. The lowest BCUT2D eigenvalue weighted by Gasteiger charge is -2.54. The van der Waals surface area contributed by atoms with E-state index >= 15 is 0 Å². The lowest BCUT2D eigenvalue weighted by Crippen LogP contribution is -2.50. The smallest absolute Gasteiger partial charge is 0.313 e. The molecule has 0 aromatic heterocycles. The zero-order valence-corrected chi connectivity index (χ0v) is 81.3. The second kappa shape index (κ2) is 53.3. The van der Waals surface area contributed by atoms with E-state index in [-0.39, 0.29) is 157 Å². The van der Waals surface area contributed by atoms with E-state index in [1.54, 1.807) is 0 Å². The minimum Gasteiger partial charge on any atom is -0.459 e.